The lowest BCUT2D eigenvalue weighted by Gasteiger charge is -2.08. The smallest absolute Gasteiger partial charge is 0.316 e. The Morgan fingerprint density at radius 2 is 2.10 bits per heavy atom. The number of halogens is 1. The summed E-state index contributed by atoms with van der Waals surface area (Å²) in [5.41, 5.74) is 6.91. The van der Waals surface area contributed by atoms with Crippen LogP contribution in [0.5, 0.6) is 0 Å². The lowest BCUT2D eigenvalue weighted by molar-refractivity contribution is -0.139. The zero-order chi connectivity index (χ0) is 15.2. The van der Waals surface area contributed by atoms with Gasteiger partial charge in [0.2, 0.25) is 5.95 Å². The highest BCUT2D eigenvalue weighted by molar-refractivity contribution is 9.10. The van der Waals surface area contributed by atoms with Crippen LogP contribution < -0.4 is 5.73 Å². The number of thioether (sulfide) groups is 1. The van der Waals surface area contributed by atoms with Crippen LogP contribution in [-0.4, -0.2) is 33.1 Å². The summed E-state index contributed by atoms with van der Waals surface area (Å²) < 4.78 is 7.67. The van der Waals surface area contributed by atoms with E-state index in [9.17, 15) is 4.79 Å². The number of ether oxygens (including phenoxy) is 1. The summed E-state index contributed by atoms with van der Waals surface area (Å²) in [6, 6.07) is 7.90. The molecule has 0 amide bonds. The number of carbonyl (C=O) groups is 1. The highest BCUT2D eigenvalue weighted by atomic mass is 79.9. The van der Waals surface area contributed by atoms with E-state index >= 15 is 0 Å². The molecule has 0 fully saturated rings. The molecule has 0 aliphatic heterocycles. The molecule has 1 aromatic heterocycles. The number of carbonyl (C=O) groups excluding carboxylic acids is 1. The first-order valence-corrected chi connectivity index (χ1v) is 8.09. The first-order valence-electron chi connectivity index (χ1n) is 6.31. The summed E-state index contributed by atoms with van der Waals surface area (Å²) in [5.74, 6) is 0.232. The number of nitrogens with two attached hydrogens (primary N) is 1. The van der Waals surface area contributed by atoms with Gasteiger partial charge in [-0.15, -0.1) is 10.2 Å². The van der Waals surface area contributed by atoms with E-state index in [0.29, 0.717) is 24.3 Å². The van der Waals surface area contributed by atoms with Gasteiger partial charge in [-0.3, -0.25) is 9.36 Å². The maximum absolute atomic E-state index is 11.4. The average molecular weight is 371 g/mol. The Hall–Kier alpha value is -1.54. The van der Waals surface area contributed by atoms with Gasteiger partial charge < -0.3 is 10.5 Å². The van der Waals surface area contributed by atoms with Gasteiger partial charge in [0.25, 0.3) is 0 Å². The van der Waals surface area contributed by atoms with Crippen LogP contribution in [0.2, 0.25) is 0 Å². The van der Waals surface area contributed by atoms with Gasteiger partial charge >= 0.3 is 5.97 Å². The second-order valence-electron chi connectivity index (χ2n) is 4.15. The van der Waals surface area contributed by atoms with Gasteiger partial charge in [0.1, 0.15) is 0 Å². The Labute approximate surface area is 135 Å². The molecule has 0 atom stereocenters. The Morgan fingerprint density at radius 3 is 2.76 bits per heavy atom. The predicted molar refractivity (Wildman–Crippen MR) is 85.0 cm³/mol. The molecule has 0 spiro atoms. The van der Waals surface area contributed by atoms with E-state index < -0.39 is 0 Å². The third kappa shape index (κ3) is 4.47. The molecule has 1 aromatic carbocycles. The highest BCUT2D eigenvalue weighted by Crippen LogP contribution is 2.20. The third-order valence-electron chi connectivity index (χ3n) is 2.62. The molecule has 2 rings (SSSR count). The van der Waals surface area contributed by atoms with Gasteiger partial charge in [-0.2, -0.15) is 0 Å². The Kier molecular flexibility index (Phi) is 5.63. The van der Waals surface area contributed by atoms with Crippen LogP contribution in [0, 0.1) is 0 Å². The quantitative estimate of drug-likeness (QED) is 0.620. The Balaban J connectivity index is 2.07. The van der Waals surface area contributed by atoms with Crippen molar-refractivity contribution in [3.05, 3.63) is 34.3 Å². The second-order valence-corrected chi connectivity index (χ2v) is 6.01. The number of nitrogen functional groups attached to an aromatic ring is 1. The summed E-state index contributed by atoms with van der Waals surface area (Å²) in [5, 5.41) is 8.46. The summed E-state index contributed by atoms with van der Waals surface area (Å²) in [6.07, 6.45) is 0. The van der Waals surface area contributed by atoms with Crippen molar-refractivity contribution < 1.29 is 9.53 Å². The first kappa shape index (κ1) is 15.8. The summed E-state index contributed by atoms with van der Waals surface area (Å²) in [4.78, 5) is 11.4. The number of esters is 1. The van der Waals surface area contributed by atoms with Crippen LogP contribution in [0.3, 0.4) is 0 Å². The molecular weight excluding hydrogens is 356 g/mol. The van der Waals surface area contributed by atoms with Gasteiger partial charge in [0.15, 0.2) is 5.16 Å². The van der Waals surface area contributed by atoms with Crippen LogP contribution in [0.15, 0.2) is 33.9 Å². The fourth-order valence-electron chi connectivity index (χ4n) is 1.65. The van der Waals surface area contributed by atoms with Crippen molar-refractivity contribution in [3.8, 4) is 0 Å². The van der Waals surface area contributed by atoms with Gasteiger partial charge in [0.05, 0.1) is 18.9 Å². The summed E-state index contributed by atoms with van der Waals surface area (Å²) in [7, 11) is 0. The van der Waals surface area contributed by atoms with Crippen LogP contribution in [0.25, 0.3) is 0 Å². The minimum atomic E-state index is -0.278. The fourth-order valence-corrected chi connectivity index (χ4v) is 2.66. The molecule has 0 saturated carbocycles. The lowest BCUT2D eigenvalue weighted by Crippen LogP contribution is -2.09. The van der Waals surface area contributed by atoms with Crippen LogP contribution in [0.1, 0.15) is 12.5 Å². The van der Waals surface area contributed by atoms with Crippen molar-refractivity contribution in [1.82, 2.24) is 14.8 Å². The van der Waals surface area contributed by atoms with Gasteiger partial charge in [-0.1, -0.05) is 39.8 Å². The van der Waals surface area contributed by atoms with Crippen molar-refractivity contribution in [1.29, 1.82) is 0 Å². The van der Waals surface area contributed by atoms with Crippen LogP contribution in [-0.2, 0) is 16.1 Å². The molecule has 0 aliphatic carbocycles. The minimum absolute atomic E-state index is 0.187. The fraction of sp³-hybridized carbons (Fsp3) is 0.308. The number of rotatable bonds is 6. The Bertz CT molecular complexity index is 615. The predicted octanol–water partition coefficient (Wildman–Crippen LogP) is 2.33. The molecular formula is C13H15BrN4O2S. The molecule has 0 saturated heterocycles. The van der Waals surface area contributed by atoms with Crippen molar-refractivity contribution in [2.75, 3.05) is 18.1 Å². The van der Waals surface area contributed by atoms with E-state index in [0.717, 1.165) is 10.0 Å². The van der Waals surface area contributed by atoms with Crippen molar-refractivity contribution in [2.45, 2.75) is 18.6 Å². The standard InChI is InChI=1S/C13H15BrN4O2S/c1-2-20-11(19)8-21-13-17-16-12(15)18(13)7-9-3-5-10(14)6-4-9/h3-6H,2,7-8H2,1H3,(H2,15,16). The third-order valence-corrected chi connectivity index (χ3v) is 4.09. The van der Waals surface area contributed by atoms with Gasteiger partial charge in [-0.05, 0) is 24.6 Å². The largest absolute Gasteiger partial charge is 0.465 e. The highest BCUT2D eigenvalue weighted by Gasteiger charge is 2.13. The number of nitrogens with zero attached hydrogens (tertiary/aromatic N) is 3. The first-order chi connectivity index (χ1) is 10.1. The number of anilines is 1. The molecule has 2 aromatic rings. The molecule has 0 bridgehead atoms. The van der Waals surface area contributed by atoms with Crippen LogP contribution in [0.4, 0.5) is 5.95 Å². The number of benzene rings is 1. The molecule has 0 aliphatic rings. The SMILES string of the molecule is CCOC(=O)CSc1nnc(N)n1Cc1ccc(Br)cc1. The Morgan fingerprint density at radius 1 is 1.38 bits per heavy atom. The molecule has 21 heavy (non-hydrogen) atoms. The maximum Gasteiger partial charge on any atom is 0.316 e. The van der Waals surface area contributed by atoms with Crippen LogP contribution >= 0.6 is 27.7 Å². The van der Waals surface area contributed by atoms with Crippen molar-refractivity contribution in [2.24, 2.45) is 0 Å². The lowest BCUT2D eigenvalue weighted by atomic mass is 10.2. The minimum Gasteiger partial charge on any atom is -0.465 e. The number of hydrogen-bond donors (Lipinski definition) is 1. The van der Waals surface area contributed by atoms with E-state index in [1.165, 1.54) is 11.8 Å². The van der Waals surface area contributed by atoms with E-state index in [1.54, 1.807) is 11.5 Å². The monoisotopic (exact) mass is 370 g/mol. The zero-order valence-corrected chi connectivity index (χ0v) is 13.9. The van der Waals surface area contributed by atoms with E-state index in [-0.39, 0.29) is 11.7 Å². The van der Waals surface area contributed by atoms with E-state index in [2.05, 4.69) is 26.1 Å². The summed E-state index contributed by atoms with van der Waals surface area (Å²) >= 11 is 4.66. The molecule has 1 heterocycles. The van der Waals surface area contributed by atoms with E-state index in [1.807, 2.05) is 24.3 Å². The molecule has 0 unspecified atom stereocenters. The molecule has 112 valence electrons. The van der Waals surface area contributed by atoms with Gasteiger partial charge in [0, 0.05) is 4.47 Å². The van der Waals surface area contributed by atoms with Gasteiger partial charge in [-0.25, -0.2) is 0 Å². The molecule has 6 nitrogen and oxygen atoms in total. The van der Waals surface area contributed by atoms with Crippen molar-refractivity contribution in [3.63, 3.8) is 0 Å². The number of aromatic nitrogens is 3. The normalized spacial score (nSPS) is 10.6. The maximum atomic E-state index is 11.4. The average Bonchev–Trinajstić information content (AvgIpc) is 2.80. The molecule has 2 N–H and O–H groups in total. The zero-order valence-electron chi connectivity index (χ0n) is 11.5. The molecule has 0 radical (unpaired) electrons. The summed E-state index contributed by atoms with van der Waals surface area (Å²) in [6.45, 7) is 2.70. The second kappa shape index (κ2) is 7.46. The molecule has 8 heteroatoms. The number of hydrogen-bond acceptors (Lipinski definition) is 6. The topological polar surface area (TPSA) is 83.0 Å². The van der Waals surface area contributed by atoms with E-state index in [4.69, 9.17) is 10.5 Å². The van der Waals surface area contributed by atoms with Crippen molar-refractivity contribution >= 4 is 39.6 Å².